The fourth-order valence-corrected chi connectivity index (χ4v) is 2.05. The Hall–Kier alpha value is -0.470. The predicted molar refractivity (Wildman–Crippen MR) is 46.8 cm³/mol. The number of halogens is 2. The van der Waals surface area contributed by atoms with Crippen LogP contribution in [-0.4, -0.2) is 11.7 Å². The molecule has 0 spiro atoms. The Kier molecular flexibility index (Phi) is 2.74. The number of rotatable bonds is 2. The van der Waals surface area contributed by atoms with Gasteiger partial charge in [0.2, 0.25) is 5.92 Å². The first-order valence-electron chi connectivity index (χ1n) is 4.81. The largest absolute Gasteiger partial charge is 0.299 e. The van der Waals surface area contributed by atoms with Crippen molar-refractivity contribution in [2.75, 3.05) is 0 Å². The van der Waals surface area contributed by atoms with E-state index in [1.807, 2.05) is 6.92 Å². The fourth-order valence-electron chi connectivity index (χ4n) is 2.05. The van der Waals surface area contributed by atoms with Gasteiger partial charge in [-0.3, -0.25) is 4.79 Å². The van der Waals surface area contributed by atoms with Crippen LogP contribution in [0.3, 0.4) is 0 Å². The molecule has 0 saturated heterocycles. The van der Waals surface area contributed by atoms with Crippen LogP contribution in [0.4, 0.5) is 8.78 Å². The lowest BCUT2D eigenvalue weighted by molar-refractivity contribution is -0.134. The maximum absolute atomic E-state index is 12.8. The lowest BCUT2D eigenvalue weighted by atomic mass is 9.69. The van der Waals surface area contributed by atoms with Gasteiger partial charge in [0.15, 0.2) is 0 Å². The van der Waals surface area contributed by atoms with Gasteiger partial charge in [-0.2, -0.15) is 0 Å². The average molecular weight is 190 g/mol. The minimum atomic E-state index is -2.53. The molecule has 1 saturated carbocycles. The second-order valence-corrected chi connectivity index (χ2v) is 4.05. The quantitative estimate of drug-likeness (QED) is 0.653. The number of hydrogen-bond acceptors (Lipinski definition) is 1. The molecular weight excluding hydrogens is 174 g/mol. The summed E-state index contributed by atoms with van der Waals surface area (Å²) in [5, 5.41) is 0. The Morgan fingerprint density at radius 2 is 1.69 bits per heavy atom. The first-order chi connectivity index (χ1) is 5.92. The summed E-state index contributed by atoms with van der Waals surface area (Å²) < 4.78 is 25.7. The summed E-state index contributed by atoms with van der Waals surface area (Å²) >= 11 is 0. The molecule has 1 aliphatic carbocycles. The lowest BCUT2D eigenvalue weighted by Gasteiger charge is -2.37. The molecule has 0 aromatic carbocycles. The van der Waals surface area contributed by atoms with Crippen molar-refractivity contribution in [2.45, 2.75) is 51.9 Å². The van der Waals surface area contributed by atoms with Crippen molar-refractivity contribution in [3.8, 4) is 0 Å². The van der Waals surface area contributed by atoms with Gasteiger partial charge >= 0.3 is 0 Å². The number of Topliss-reactive ketones (excluding diaryl/α,β-unsaturated/α-hetero) is 1. The van der Waals surface area contributed by atoms with Crippen molar-refractivity contribution in [1.29, 1.82) is 0 Å². The number of alkyl halides is 2. The molecule has 0 radical (unpaired) electrons. The zero-order valence-corrected chi connectivity index (χ0v) is 8.20. The smallest absolute Gasteiger partial charge is 0.248 e. The van der Waals surface area contributed by atoms with Gasteiger partial charge in [0.25, 0.3) is 0 Å². The van der Waals surface area contributed by atoms with E-state index in [1.54, 1.807) is 0 Å². The van der Waals surface area contributed by atoms with Gasteiger partial charge in [0.1, 0.15) is 5.78 Å². The maximum Gasteiger partial charge on any atom is 0.248 e. The SMILES string of the molecule is CCC1(C(C)=O)CCC(F)(F)CC1. The van der Waals surface area contributed by atoms with E-state index in [0.29, 0.717) is 19.3 Å². The standard InChI is InChI=1S/C10H16F2O/c1-3-9(8(2)13)4-6-10(11,12)7-5-9/h3-7H2,1-2H3. The zero-order valence-electron chi connectivity index (χ0n) is 8.20. The van der Waals surface area contributed by atoms with E-state index in [4.69, 9.17) is 0 Å². The summed E-state index contributed by atoms with van der Waals surface area (Å²) in [7, 11) is 0. The van der Waals surface area contributed by atoms with Crippen molar-refractivity contribution in [1.82, 2.24) is 0 Å². The van der Waals surface area contributed by atoms with E-state index in [1.165, 1.54) is 6.92 Å². The summed E-state index contributed by atoms with van der Waals surface area (Å²) in [6.07, 6.45) is 1.15. The molecule has 1 nitrogen and oxygen atoms in total. The van der Waals surface area contributed by atoms with Crippen molar-refractivity contribution in [2.24, 2.45) is 5.41 Å². The number of ketones is 1. The molecule has 0 N–H and O–H groups in total. The van der Waals surface area contributed by atoms with E-state index >= 15 is 0 Å². The monoisotopic (exact) mass is 190 g/mol. The van der Waals surface area contributed by atoms with Gasteiger partial charge < -0.3 is 0 Å². The summed E-state index contributed by atoms with van der Waals surface area (Å²) in [4.78, 5) is 11.3. The number of carbonyl (C=O) groups is 1. The third kappa shape index (κ3) is 2.06. The summed E-state index contributed by atoms with van der Waals surface area (Å²) in [6.45, 7) is 3.43. The molecule has 0 aliphatic heterocycles. The van der Waals surface area contributed by atoms with Crippen LogP contribution in [-0.2, 0) is 4.79 Å². The van der Waals surface area contributed by atoms with Crippen LogP contribution in [0, 0.1) is 5.41 Å². The minimum absolute atomic E-state index is 0.0745. The van der Waals surface area contributed by atoms with Crippen LogP contribution in [0.5, 0.6) is 0 Å². The van der Waals surface area contributed by atoms with E-state index in [2.05, 4.69) is 0 Å². The van der Waals surface area contributed by atoms with Gasteiger partial charge in [-0.05, 0) is 26.2 Å². The van der Waals surface area contributed by atoms with Crippen LogP contribution >= 0.6 is 0 Å². The number of hydrogen-bond donors (Lipinski definition) is 0. The molecule has 1 fully saturated rings. The van der Waals surface area contributed by atoms with Crippen LogP contribution in [0.1, 0.15) is 46.0 Å². The van der Waals surface area contributed by atoms with E-state index < -0.39 is 11.3 Å². The summed E-state index contributed by atoms with van der Waals surface area (Å²) in [5.74, 6) is -2.46. The molecule has 13 heavy (non-hydrogen) atoms. The maximum atomic E-state index is 12.8. The van der Waals surface area contributed by atoms with Gasteiger partial charge in [-0.15, -0.1) is 0 Å². The molecule has 0 unspecified atom stereocenters. The second-order valence-electron chi connectivity index (χ2n) is 4.05. The molecule has 0 bridgehead atoms. The molecule has 0 aromatic rings. The van der Waals surface area contributed by atoms with Crippen LogP contribution < -0.4 is 0 Å². The normalized spacial score (nSPS) is 25.5. The third-order valence-corrected chi connectivity index (χ3v) is 3.36. The average Bonchev–Trinajstić information content (AvgIpc) is 2.05. The van der Waals surface area contributed by atoms with Crippen molar-refractivity contribution >= 4 is 5.78 Å². The topological polar surface area (TPSA) is 17.1 Å². The van der Waals surface area contributed by atoms with Crippen LogP contribution in [0.15, 0.2) is 0 Å². The fraction of sp³-hybridized carbons (Fsp3) is 0.900. The van der Waals surface area contributed by atoms with E-state index in [9.17, 15) is 13.6 Å². The van der Waals surface area contributed by atoms with E-state index in [-0.39, 0.29) is 18.6 Å². The minimum Gasteiger partial charge on any atom is -0.299 e. The van der Waals surface area contributed by atoms with Gasteiger partial charge in [-0.1, -0.05) is 6.92 Å². The van der Waals surface area contributed by atoms with Crippen LogP contribution in [0.2, 0.25) is 0 Å². The highest BCUT2D eigenvalue weighted by Gasteiger charge is 2.44. The highest BCUT2D eigenvalue weighted by atomic mass is 19.3. The molecule has 0 atom stereocenters. The Morgan fingerprint density at radius 1 is 1.23 bits per heavy atom. The Labute approximate surface area is 77.5 Å². The van der Waals surface area contributed by atoms with Gasteiger partial charge in [0.05, 0.1) is 0 Å². The molecule has 1 rings (SSSR count). The summed E-state index contributed by atoms with van der Waals surface area (Å²) in [6, 6.07) is 0. The molecular formula is C10H16F2O. The molecule has 0 amide bonds. The molecule has 76 valence electrons. The molecule has 0 heterocycles. The Balaban J connectivity index is 2.69. The zero-order chi connectivity index (χ0) is 10.1. The molecule has 1 aliphatic rings. The highest BCUT2D eigenvalue weighted by molar-refractivity contribution is 5.82. The Morgan fingerprint density at radius 3 is 2.00 bits per heavy atom. The van der Waals surface area contributed by atoms with Crippen molar-refractivity contribution in [3.05, 3.63) is 0 Å². The van der Waals surface area contributed by atoms with Gasteiger partial charge in [-0.25, -0.2) is 8.78 Å². The lowest BCUT2D eigenvalue weighted by Crippen LogP contribution is -2.37. The highest BCUT2D eigenvalue weighted by Crippen LogP contribution is 2.45. The summed E-state index contributed by atoms with van der Waals surface area (Å²) in [5.41, 5.74) is -0.443. The second kappa shape index (κ2) is 3.35. The number of carbonyl (C=O) groups excluding carboxylic acids is 1. The Bertz CT molecular complexity index is 201. The first kappa shape index (κ1) is 10.6. The molecule has 3 heteroatoms. The van der Waals surface area contributed by atoms with Gasteiger partial charge in [0, 0.05) is 18.3 Å². The predicted octanol–water partition coefficient (Wildman–Crippen LogP) is 3.18. The van der Waals surface area contributed by atoms with Crippen molar-refractivity contribution in [3.63, 3.8) is 0 Å². The van der Waals surface area contributed by atoms with E-state index in [0.717, 1.165) is 0 Å². The van der Waals surface area contributed by atoms with Crippen LogP contribution in [0.25, 0.3) is 0 Å². The van der Waals surface area contributed by atoms with Crippen molar-refractivity contribution < 1.29 is 13.6 Å². The first-order valence-corrected chi connectivity index (χ1v) is 4.81. The third-order valence-electron chi connectivity index (χ3n) is 3.36. The molecule has 0 aromatic heterocycles.